The molecular formula is C20H36N2O3. The molecule has 0 aromatic heterocycles. The first kappa shape index (κ1) is 25.4. The van der Waals surface area contributed by atoms with Crippen molar-refractivity contribution in [1.82, 2.24) is 5.48 Å². The summed E-state index contributed by atoms with van der Waals surface area (Å²) in [5.74, 6) is -0.343. The van der Waals surface area contributed by atoms with Gasteiger partial charge in [0.1, 0.15) is 0 Å². The molecule has 0 unspecified atom stereocenters. The maximum atomic E-state index is 11.7. The standard InChI is InChI=1S/C15H22N2O3.C3H8.C2H6/c1-12-8-10-13(11-9-12)16-14(18)6-4-2-3-5-7-15(19)17-20;1-3-2;1-2/h8-11,20H,2-7H2,1H3,(H,16,18)(H,17,19);3H2,1-2H3;1-2H3. The van der Waals surface area contributed by atoms with Gasteiger partial charge < -0.3 is 5.32 Å². The third kappa shape index (κ3) is 16.8. The second kappa shape index (κ2) is 18.5. The maximum absolute atomic E-state index is 11.7. The minimum Gasteiger partial charge on any atom is -0.326 e. The zero-order chi connectivity index (χ0) is 19.5. The van der Waals surface area contributed by atoms with Crippen LogP contribution in [0.5, 0.6) is 0 Å². The van der Waals surface area contributed by atoms with Crippen molar-refractivity contribution in [2.75, 3.05) is 5.32 Å². The smallest absolute Gasteiger partial charge is 0.243 e. The average molecular weight is 353 g/mol. The van der Waals surface area contributed by atoms with Crippen molar-refractivity contribution in [3.8, 4) is 0 Å². The molecule has 5 heteroatoms. The lowest BCUT2D eigenvalue weighted by Gasteiger charge is -2.05. The number of benzene rings is 1. The monoisotopic (exact) mass is 352 g/mol. The Bertz CT molecular complexity index is 445. The average Bonchev–Trinajstić information content (AvgIpc) is 2.62. The van der Waals surface area contributed by atoms with E-state index in [1.54, 1.807) is 5.48 Å². The van der Waals surface area contributed by atoms with Crippen LogP contribution in [0.2, 0.25) is 0 Å². The van der Waals surface area contributed by atoms with Crippen molar-refractivity contribution < 1.29 is 14.8 Å². The highest BCUT2D eigenvalue weighted by molar-refractivity contribution is 5.90. The SMILES string of the molecule is CC.CCC.Cc1ccc(NC(=O)CCCCCCC(=O)NO)cc1. The lowest BCUT2D eigenvalue weighted by molar-refractivity contribution is -0.129. The Morgan fingerprint density at radius 3 is 1.76 bits per heavy atom. The van der Waals surface area contributed by atoms with Gasteiger partial charge >= 0.3 is 0 Å². The number of hydrogen-bond acceptors (Lipinski definition) is 3. The molecule has 0 heterocycles. The third-order valence-electron chi connectivity index (χ3n) is 3.02. The fraction of sp³-hybridized carbons (Fsp3) is 0.600. The highest BCUT2D eigenvalue weighted by Crippen LogP contribution is 2.10. The van der Waals surface area contributed by atoms with Gasteiger partial charge in [0.2, 0.25) is 11.8 Å². The van der Waals surface area contributed by atoms with E-state index in [1.165, 1.54) is 6.42 Å². The van der Waals surface area contributed by atoms with E-state index in [4.69, 9.17) is 5.21 Å². The summed E-state index contributed by atoms with van der Waals surface area (Å²) in [5, 5.41) is 11.2. The molecule has 0 aliphatic heterocycles. The van der Waals surface area contributed by atoms with Crippen LogP contribution >= 0.6 is 0 Å². The zero-order valence-corrected chi connectivity index (χ0v) is 16.5. The van der Waals surface area contributed by atoms with Gasteiger partial charge in [0, 0.05) is 18.5 Å². The molecule has 1 aromatic carbocycles. The van der Waals surface area contributed by atoms with Crippen LogP contribution in [0.15, 0.2) is 24.3 Å². The maximum Gasteiger partial charge on any atom is 0.243 e. The molecule has 25 heavy (non-hydrogen) atoms. The Hall–Kier alpha value is -1.88. The lowest BCUT2D eigenvalue weighted by atomic mass is 10.1. The number of nitrogens with one attached hydrogen (secondary N) is 2. The summed E-state index contributed by atoms with van der Waals surface area (Å²) >= 11 is 0. The molecule has 0 bridgehead atoms. The molecule has 0 fully saturated rings. The van der Waals surface area contributed by atoms with Crippen LogP contribution in [-0.2, 0) is 9.59 Å². The number of anilines is 1. The van der Waals surface area contributed by atoms with Gasteiger partial charge in [-0.1, -0.05) is 64.7 Å². The number of amides is 2. The van der Waals surface area contributed by atoms with Gasteiger partial charge in [-0.3, -0.25) is 14.8 Å². The second-order valence-corrected chi connectivity index (χ2v) is 5.57. The second-order valence-electron chi connectivity index (χ2n) is 5.57. The third-order valence-corrected chi connectivity index (χ3v) is 3.02. The lowest BCUT2D eigenvalue weighted by Crippen LogP contribution is -2.17. The van der Waals surface area contributed by atoms with E-state index >= 15 is 0 Å². The number of rotatable bonds is 8. The van der Waals surface area contributed by atoms with Gasteiger partial charge in [-0.05, 0) is 31.9 Å². The van der Waals surface area contributed by atoms with Gasteiger partial charge in [-0.15, -0.1) is 0 Å². The molecule has 3 N–H and O–H groups in total. The van der Waals surface area contributed by atoms with Crippen molar-refractivity contribution in [2.24, 2.45) is 0 Å². The van der Waals surface area contributed by atoms with E-state index in [2.05, 4.69) is 19.2 Å². The van der Waals surface area contributed by atoms with Crippen molar-refractivity contribution in [3.05, 3.63) is 29.8 Å². The first-order valence-corrected chi connectivity index (χ1v) is 9.32. The van der Waals surface area contributed by atoms with Crippen LogP contribution in [0.1, 0.15) is 78.2 Å². The van der Waals surface area contributed by atoms with E-state index in [9.17, 15) is 9.59 Å². The molecule has 0 saturated heterocycles. The molecule has 144 valence electrons. The molecule has 2 amide bonds. The number of carbonyl (C=O) groups is 2. The summed E-state index contributed by atoms with van der Waals surface area (Å²) in [5.41, 5.74) is 3.58. The molecular weight excluding hydrogens is 316 g/mol. The fourth-order valence-corrected chi connectivity index (χ4v) is 1.84. The topological polar surface area (TPSA) is 78.4 Å². The summed E-state index contributed by atoms with van der Waals surface area (Å²) < 4.78 is 0. The van der Waals surface area contributed by atoms with Gasteiger partial charge in [-0.2, -0.15) is 0 Å². The number of hydrogen-bond donors (Lipinski definition) is 3. The van der Waals surface area contributed by atoms with E-state index in [0.717, 1.165) is 36.9 Å². The van der Waals surface area contributed by atoms with Crippen LogP contribution in [0.3, 0.4) is 0 Å². The van der Waals surface area contributed by atoms with Gasteiger partial charge in [-0.25, -0.2) is 5.48 Å². The summed E-state index contributed by atoms with van der Waals surface area (Å²) in [6.45, 7) is 10.3. The molecule has 0 aliphatic rings. The number of carbonyl (C=O) groups excluding carboxylic acids is 2. The van der Waals surface area contributed by atoms with Crippen LogP contribution in [0.4, 0.5) is 5.69 Å². The highest BCUT2D eigenvalue weighted by atomic mass is 16.5. The molecule has 1 aromatic rings. The van der Waals surface area contributed by atoms with E-state index in [0.29, 0.717) is 12.8 Å². The van der Waals surface area contributed by atoms with Crippen molar-refractivity contribution in [2.45, 2.75) is 79.6 Å². The predicted octanol–water partition coefficient (Wildman–Crippen LogP) is 5.22. The first-order chi connectivity index (χ1) is 12.0. The number of aryl methyl sites for hydroxylation is 1. The molecule has 0 aliphatic carbocycles. The van der Waals surface area contributed by atoms with Crippen LogP contribution in [0, 0.1) is 6.92 Å². The van der Waals surface area contributed by atoms with Crippen LogP contribution in [0.25, 0.3) is 0 Å². The van der Waals surface area contributed by atoms with E-state index in [1.807, 2.05) is 45.0 Å². The van der Waals surface area contributed by atoms with Crippen LogP contribution in [-0.4, -0.2) is 17.0 Å². The quantitative estimate of drug-likeness (QED) is 0.341. The number of unbranched alkanes of at least 4 members (excludes halogenated alkanes) is 3. The molecule has 0 atom stereocenters. The first-order valence-electron chi connectivity index (χ1n) is 9.32. The van der Waals surface area contributed by atoms with Gasteiger partial charge in [0.15, 0.2) is 0 Å². The summed E-state index contributed by atoms with van der Waals surface area (Å²) in [6, 6.07) is 7.70. The Balaban J connectivity index is 0. The zero-order valence-electron chi connectivity index (χ0n) is 16.5. The summed E-state index contributed by atoms with van der Waals surface area (Å²) in [7, 11) is 0. The van der Waals surface area contributed by atoms with Gasteiger partial charge in [0.25, 0.3) is 0 Å². The molecule has 5 nitrogen and oxygen atoms in total. The molecule has 0 saturated carbocycles. The summed E-state index contributed by atoms with van der Waals surface area (Å²) in [6.07, 6.45) is 5.38. The Morgan fingerprint density at radius 2 is 1.32 bits per heavy atom. The molecule has 0 radical (unpaired) electrons. The Kier molecular flexibility index (Phi) is 18.7. The minimum absolute atomic E-state index is 0.0157. The van der Waals surface area contributed by atoms with E-state index < -0.39 is 0 Å². The molecule has 1 rings (SSSR count). The van der Waals surface area contributed by atoms with Crippen molar-refractivity contribution in [3.63, 3.8) is 0 Å². The van der Waals surface area contributed by atoms with E-state index in [-0.39, 0.29) is 11.8 Å². The van der Waals surface area contributed by atoms with Crippen LogP contribution < -0.4 is 10.8 Å². The van der Waals surface area contributed by atoms with Gasteiger partial charge in [0.05, 0.1) is 0 Å². The summed E-state index contributed by atoms with van der Waals surface area (Å²) in [4.78, 5) is 22.4. The largest absolute Gasteiger partial charge is 0.326 e. The van der Waals surface area contributed by atoms with Crippen molar-refractivity contribution >= 4 is 17.5 Å². The normalized spacial score (nSPS) is 9.04. The highest BCUT2D eigenvalue weighted by Gasteiger charge is 2.03. The Labute approximate surface area is 153 Å². The number of hydroxylamine groups is 1. The predicted molar refractivity (Wildman–Crippen MR) is 105 cm³/mol. The minimum atomic E-state index is -0.359. The van der Waals surface area contributed by atoms with Crippen molar-refractivity contribution in [1.29, 1.82) is 0 Å². The fourth-order valence-electron chi connectivity index (χ4n) is 1.84. The Morgan fingerprint density at radius 1 is 0.880 bits per heavy atom. The molecule has 0 spiro atoms.